The van der Waals surface area contributed by atoms with E-state index in [2.05, 4.69) is 15.4 Å². The van der Waals surface area contributed by atoms with E-state index in [9.17, 15) is 18.0 Å². The van der Waals surface area contributed by atoms with Gasteiger partial charge in [-0.05, 0) is 12.8 Å². The number of carbonyl (C=O) groups excluding carboxylic acids is 1. The van der Waals surface area contributed by atoms with Crippen LogP contribution in [-0.2, 0) is 11.0 Å². The molecular weight excluding hydrogens is 287 g/mol. The summed E-state index contributed by atoms with van der Waals surface area (Å²) < 4.78 is 36.7. The van der Waals surface area contributed by atoms with Crippen LogP contribution in [0.1, 0.15) is 31.5 Å². The zero-order valence-electron chi connectivity index (χ0n) is 9.75. The fraction of sp³-hybridized carbons (Fsp3) is 0.667. The highest BCUT2D eigenvalue weighted by atomic mass is 35.5. The van der Waals surface area contributed by atoms with Gasteiger partial charge in [0.05, 0.1) is 5.54 Å². The van der Waals surface area contributed by atoms with Crippen molar-refractivity contribution < 1.29 is 18.0 Å². The number of carbonyl (C=O) groups is 1. The van der Waals surface area contributed by atoms with Gasteiger partial charge in [0.1, 0.15) is 0 Å². The van der Waals surface area contributed by atoms with E-state index in [-0.39, 0.29) is 12.4 Å². The molecule has 1 saturated carbocycles. The molecule has 1 heterocycles. The number of halogens is 4. The molecule has 1 aromatic rings. The van der Waals surface area contributed by atoms with Crippen molar-refractivity contribution >= 4 is 24.3 Å². The second-order valence-corrected chi connectivity index (χ2v) is 4.32. The Morgan fingerprint density at radius 3 is 2.42 bits per heavy atom. The molecule has 0 bridgehead atoms. The van der Waals surface area contributed by atoms with E-state index in [4.69, 9.17) is 5.73 Å². The van der Waals surface area contributed by atoms with Gasteiger partial charge in [-0.15, -0.1) is 17.5 Å². The number of aromatic amines is 1. The van der Waals surface area contributed by atoms with Gasteiger partial charge >= 0.3 is 6.18 Å². The second-order valence-electron chi connectivity index (χ2n) is 4.32. The fourth-order valence-electron chi connectivity index (χ4n) is 1.90. The van der Waals surface area contributed by atoms with Gasteiger partial charge in [-0.1, -0.05) is 12.8 Å². The number of aromatic nitrogens is 3. The van der Waals surface area contributed by atoms with Crippen molar-refractivity contribution in [1.29, 1.82) is 0 Å². The molecule has 1 aliphatic carbocycles. The van der Waals surface area contributed by atoms with Crippen LogP contribution in [0, 0.1) is 0 Å². The molecule has 0 unspecified atom stereocenters. The third-order valence-electron chi connectivity index (χ3n) is 2.93. The zero-order chi connectivity index (χ0) is 13.4. The number of alkyl halides is 3. The number of hydrogen-bond acceptors (Lipinski definition) is 4. The molecule has 1 amide bonds. The summed E-state index contributed by atoms with van der Waals surface area (Å²) in [5.74, 6) is -2.22. The van der Waals surface area contributed by atoms with E-state index in [1.807, 2.05) is 0 Å². The number of H-pyrrole nitrogens is 1. The predicted molar refractivity (Wildman–Crippen MR) is 62.6 cm³/mol. The standard InChI is InChI=1S/C9H12F3N5O.ClH/c10-9(11,12)5-14-7(17-16-5)15-6(18)8(13)3-1-2-4-8;/h1-4,13H2,(H2,14,15,16,17,18);1H. The van der Waals surface area contributed by atoms with Gasteiger partial charge in [-0.3, -0.25) is 15.2 Å². The topological polar surface area (TPSA) is 96.7 Å². The van der Waals surface area contributed by atoms with Crippen LogP contribution < -0.4 is 11.1 Å². The van der Waals surface area contributed by atoms with E-state index in [0.717, 1.165) is 12.8 Å². The molecule has 6 nitrogen and oxygen atoms in total. The van der Waals surface area contributed by atoms with Crippen LogP contribution in [0.3, 0.4) is 0 Å². The van der Waals surface area contributed by atoms with E-state index in [1.165, 1.54) is 0 Å². The van der Waals surface area contributed by atoms with Crippen molar-refractivity contribution in [3.8, 4) is 0 Å². The third-order valence-corrected chi connectivity index (χ3v) is 2.93. The molecule has 0 aromatic carbocycles. The van der Waals surface area contributed by atoms with Crippen LogP contribution in [0.25, 0.3) is 0 Å². The fourth-order valence-corrected chi connectivity index (χ4v) is 1.90. The third kappa shape index (κ3) is 3.35. The Kier molecular flexibility index (Phi) is 4.41. The van der Waals surface area contributed by atoms with E-state index >= 15 is 0 Å². The van der Waals surface area contributed by atoms with E-state index < -0.39 is 29.4 Å². The van der Waals surface area contributed by atoms with Crippen LogP contribution in [0.4, 0.5) is 19.1 Å². The van der Waals surface area contributed by atoms with Crippen molar-refractivity contribution in [3.63, 3.8) is 0 Å². The largest absolute Gasteiger partial charge is 0.451 e. The zero-order valence-corrected chi connectivity index (χ0v) is 10.6. The molecule has 0 radical (unpaired) electrons. The van der Waals surface area contributed by atoms with Crippen molar-refractivity contribution in [3.05, 3.63) is 5.82 Å². The minimum atomic E-state index is -4.62. The van der Waals surface area contributed by atoms with Gasteiger partial charge in [0, 0.05) is 0 Å². The molecule has 0 aliphatic heterocycles. The normalized spacial score (nSPS) is 17.9. The van der Waals surface area contributed by atoms with Gasteiger partial charge < -0.3 is 5.73 Å². The molecule has 1 aromatic heterocycles. The SMILES string of the molecule is Cl.NC1(C(=O)Nc2n[nH]c(C(F)(F)F)n2)CCCC1. The van der Waals surface area contributed by atoms with Crippen molar-refractivity contribution in [2.24, 2.45) is 5.73 Å². The van der Waals surface area contributed by atoms with Crippen molar-refractivity contribution in [1.82, 2.24) is 15.2 Å². The summed E-state index contributed by atoms with van der Waals surface area (Å²) in [6, 6.07) is 0. The monoisotopic (exact) mass is 299 g/mol. The number of amides is 1. The van der Waals surface area contributed by atoms with Crippen LogP contribution in [-0.4, -0.2) is 26.6 Å². The maximum Gasteiger partial charge on any atom is 0.451 e. The van der Waals surface area contributed by atoms with E-state index in [0.29, 0.717) is 12.8 Å². The van der Waals surface area contributed by atoms with Crippen molar-refractivity contribution in [2.45, 2.75) is 37.4 Å². The lowest BCUT2D eigenvalue weighted by atomic mass is 9.98. The summed E-state index contributed by atoms with van der Waals surface area (Å²) in [5, 5.41) is 7.19. The summed E-state index contributed by atoms with van der Waals surface area (Å²) in [6.07, 6.45) is -1.95. The van der Waals surface area contributed by atoms with Gasteiger partial charge in [-0.2, -0.15) is 18.2 Å². The molecule has 2 rings (SSSR count). The highest BCUT2D eigenvalue weighted by Gasteiger charge is 2.39. The Morgan fingerprint density at radius 2 is 1.95 bits per heavy atom. The highest BCUT2D eigenvalue weighted by molar-refractivity contribution is 5.96. The van der Waals surface area contributed by atoms with E-state index in [1.54, 1.807) is 5.10 Å². The lowest BCUT2D eigenvalue weighted by molar-refractivity contribution is -0.144. The van der Waals surface area contributed by atoms with Crippen LogP contribution in [0.5, 0.6) is 0 Å². The molecule has 0 saturated heterocycles. The maximum absolute atomic E-state index is 12.2. The summed E-state index contributed by atoms with van der Waals surface area (Å²) in [5.41, 5.74) is 4.81. The minimum absolute atomic E-state index is 0. The molecule has 1 fully saturated rings. The smallest absolute Gasteiger partial charge is 0.317 e. The Balaban J connectivity index is 0.00000180. The first kappa shape index (κ1) is 15.7. The molecule has 108 valence electrons. The van der Waals surface area contributed by atoms with Crippen LogP contribution >= 0.6 is 12.4 Å². The molecule has 0 atom stereocenters. The number of anilines is 1. The first-order chi connectivity index (χ1) is 8.31. The molecular formula is C9H13ClF3N5O. The molecule has 0 spiro atoms. The number of nitrogens with two attached hydrogens (primary N) is 1. The average Bonchev–Trinajstić information content (AvgIpc) is 2.86. The maximum atomic E-state index is 12.2. The molecule has 10 heteroatoms. The summed E-state index contributed by atoms with van der Waals surface area (Å²) in [4.78, 5) is 14.9. The number of rotatable bonds is 2. The summed E-state index contributed by atoms with van der Waals surface area (Å²) >= 11 is 0. The predicted octanol–water partition coefficient (Wildman–Crippen LogP) is 1.46. The number of hydrogen-bond donors (Lipinski definition) is 3. The Morgan fingerprint density at radius 1 is 1.37 bits per heavy atom. The van der Waals surface area contributed by atoms with Gasteiger partial charge in [-0.25, -0.2) is 0 Å². The Bertz CT molecular complexity index is 455. The van der Waals surface area contributed by atoms with Gasteiger partial charge in [0.25, 0.3) is 0 Å². The van der Waals surface area contributed by atoms with Crippen LogP contribution in [0.2, 0.25) is 0 Å². The van der Waals surface area contributed by atoms with Gasteiger partial charge in [0.2, 0.25) is 17.7 Å². The lowest BCUT2D eigenvalue weighted by Gasteiger charge is -2.20. The number of nitrogens with one attached hydrogen (secondary N) is 2. The second kappa shape index (κ2) is 5.33. The first-order valence-corrected chi connectivity index (χ1v) is 5.41. The minimum Gasteiger partial charge on any atom is -0.317 e. The molecule has 1 aliphatic rings. The van der Waals surface area contributed by atoms with Crippen LogP contribution in [0.15, 0.2) is 0 Å². The first-order valence-electron chi connectivity index (χ1n) is 5.41. The Hall–Kier alpha value is -1.35. The van der Waals surface area contributed by atoms with Gasteiger partial charge in [0.15, 0.2) is 0 Å². The molecule has 4 N–H and O–H groups in total. The molecule has 19 heavy (non-hydrogen) atoms. The summed E-state index contributed by atoms with van der Waals surface area (Å²) in [7, 11) is 0. The average molecular weight is 300 g/mol. The van der Waals surface area contributed by atoms with Crippen molar-refractivity contribution in [2.75, 3.05) is 5.32 Å². The lowest BCUT2D eigenvalue weighted by Crippen LogP contribution is -2.48. The quantitative estimate of drug-likeness (QED) is 0.770. The number of nitrogens with zero attached hydrogens (tertiary/aromatic N) is 2. The summed E-state index contributed by atoms with van der Waals surface area (Å²) in [6.45, 7) is 0. The Labute approximate surface area is 112 Å². The highest BCUT2D eigenvalue weighted by Crippen LogP contribution is 2.29.